The van der Waals surface area contributed by atoms with E-state index < -0.39 is 0 Å². The molecule has 1 atom stereocenters. The highest BCUT2D eigenvalue weighted by atomic mass is 16.5. The number of hydrogen-bond acceptors (Lipinski definition) is 5. The number of benzene rings is 1. The maximum Gasteiger partial charge on any atom is 0.222 e. The number of pyridine rings is 1. The van der Waals surface area contributed by atoms with Crippen LogP contribution in [0.15, 0.2) is 42.6 Å². The van der Waals surface area contributed by atoms with Gasteiger partial charge in [-0.3, -0.25) is 9.89 Å². The van der Waals surface area contributed by atoms with Crippen LogP contribution in [0.2, 0.25) is 0 Å². The van der Waals surface area contributed by atoms with Crippen LogP contribution in [0.4, 0.5) is 5.82 Å². The van der Waals surface area contributed by atoms with Crippen molar-refractivity contribution in [1.82, 2.24) is 20.1 Å². The lowest BCUT2D eigenvalue weighted by atomic mass is 9.90. The smallest absolute Gasteiger partial charge is 0.222 e. The van der Waals surface area contributed by atoms with E-state index in [4.69, 9.17) is 4.74 Å². The van der Waals surface area contributed by atoms with Gasteiger partial charge in [-0.05, 0) is 43.7 Å². The molecule has 2 saturated heterocycles. The first-order valence-electron chi connectivity index (χ1n) is 11.8. The number of nitrogens with one attached hydrogen (secondary N) is 2. The average molecular weight is 434 g/mol. The van der Waals surface area contributed by atoms with Crippen molar-refractivity contribution in [1.29, 1.82) is 0 Å². The zero-order chi connectivity index (χ0) is 21.8. The van der Waals surface area contributed by atoms with Crippen LogP contribution in [-0.4, -0.2) is 58.3 Å². The second-order valence-corrected chi connectivity index (χ2v) is 8.88. The molecule has 1 aromatic carbocycles. The number of ether oxygens (including phenoxy) is 1. The van der Waals surface area contributed by atoms with Crippen molar-refractivity contribution in [3.05, 3.63) is 53.9 Å². The molecule has 5 rings (SSSR count). The Bertz CT molecular complexity index is 1040. The molecule has 2 N–H and O–H groups in total. The first-order chi connectivity index (χ1) is 15.8. The fourth-order valence-corrected chi connectivity index (χ4v) is 4.94. The summed E-state index contributed by atoms with van der Waals surface area (Å²) in [7, 11) is 0. The van der Waals surface area contributed by atoms with Gasteiger partial charge in [0.2, 0.25) is 5.91 Å². The maximum atomic E-state index is 13.1. The molecule has 2 fully saturated rings. The number of anilines is 1. The molecule has 0 aliphatic carbocycles. The normalized spacial score (nSPS) is 19.9. The van der Waals surface area contributed by atoms with Gasteiger partial charge in [-0.25, -0.2) is 4.98 Å². The summed E-state index contributed by atoms with van der Waals surface area (Å²) in [5.41, 5.74) is 3.20. The molecule has 2 aliphatic heterocycles. The maximum absolute atomic E-state index is 13.1. The third-order valence-corrected chi connectivity index (χ3v) is 6.74. The molecule has 0 spiro atoms. The Labute approximate surface area is 188 Å². The second-order valence-electron chi connectivity index (χ2n) is 8.88. The Morgan fingerprint density at radius 2 is 2.00 bits per heavy atom. The lowest BCUT2D eigenvalue weighted by molar-refractivity contribution is -0.132. The van der Waals surface area contributed by atoms with Crippen molar-refractivity contribution < 1.29 is 9.53 Å². The van der Waals surface area contributed by atoms with Gasteiger partial charge in [0.25, 0.3) is 0 Å². The molecule has 3 aromatic rings. The number of fused-ring (bicyclic) bond motifs is 1. The predicted molar refractivity (Wildman–Crippen MR) is 125 cm³/mol. The minimum Gasteiger partial charge on any atom is -0.381 e. The Balaban J connectivity index is 1.25. The molecule has 7 nitrogen and oxygen atoms in total. The number of rotatable bonds is 6. The predicted octanol–water partition coefficient (Wildman–Crippen LogP) is 3.89. The fourth-order valence-electron chi connectivity index (χ4n) is 4.94. The Morgan fingerprint density at radius 1 is 1.16 bits per heavy atom. The molecular weight excluding hydrogens is 402 g/mol. The van der Waals surface area contributed by atoms with Crippen LogP contribution in [0.1, 0.15) is 49.3 Å². The summed E-state index contributed by atoms with van der Waals surface area (Å²) < 4.78 is 5.47. The number of nitrogens with zero attached hydrogens (tertiary/aromatic N) is 3. The average Bonchev–Trinajstić information content (AvgIpc) is 3.28. The van der Waals surface area contributed by atoms with Crippen molar-refractivity contribution in [2.75, 3.05) is 31.6 Å². The van der Waals surface area contributed by atoms with Crippen molar-refractivity contribution in [2.24, 2.45) is 0 Å². The molecular formula is C25H31N5O2. The fraction of sp³-hybridized carbons (Fsp3) is 0.480. The van der Waals surface area contributed by atoms with Crippen LogP contribution < -0.4 is 5.32 Å². The molecule has 0 radical (unpaired) electrons. The van der Waals surface area contributed by atoms with Crippen LogP contribution in [-0.2, 0) is 16.0 Å². The van der Waals surface area contributed by atoms with E-state index in [-0.39, 0.29) is 5.91 Å². The summed E-state index contributed by atoms with van der Waals surface area (Å²) in [5.74, 6) is 1.50. The van der Waals surface area contributed by atoms with Crippen LogP contribution >= 0.6 is 0 Å². The largest absolute Gasteiger partial charge is 0.381 e. The molecule has 2 aliphatic rings. The summed E-state index contributed by atoms with van der Waals surface area (Å²) >= 11 is 0. The van der Waals surface area contributed by atoms with E-state index in [1.54, 1.807) is 6.20 Å². The number of hydrogen-bond donors (Lipinski definition) is 2. The van der Waals surface area contributed by atoms with Gasteiger partial charge < -0.3 is 15.0 Å². The van der Waals surface area contributed by atoms with Gasteiger partial charge in [-0.1, -0.05) is 30.3 Å². The Morgan fingerprint density at radius 3 is 2.84 bits per heavy atom. The van der Waals surface area contributed by atoms with Crippen molar-refractivity contribution in [2.45, 2.75) is 50.5 Å². The van der Waals surface area contributed by atoms with Gasteiger partial charge >= 0.3 is 0 Å². The van der Waals surface area contributed by atoms with Gasteiger partial charge in [0.05, 0.1) is 10.9 Å². The number of amides is 1. The number of carbonyl (C=O) groups excluding carboxylic acids is 1. The lowest BCUT2D eigenvalue weighted by Gasteiger charge is -2.33. The second kappa shape index (κ2) is 9.69. The molecule has 0 bridgehead atoms. The van der Waals surface area contributed by atoms with Crippen LogP contribution in [0.5, 0.6) is 0 Å². The van der Waals surface area contributed by atoms with Gasteiger partial charge in [0.1, 0.15) is 5.82 Å². The topological polar surface area (TPSA) is 83.1 Å². The first kappa shape index (κ1) is 20.9. The summed E-state index contributed by atoms with van der Waals surface area (Å²) in [5, 5.41) is 12.2. The molecule has 1 unspecified atom stereocenters. The molecule has 168 valence electrons. The molecule has 7 heteroatoms. The molecule has 1 amide bonds. The lowest BCUT2D eigenvalue weighted by Crippen LogP contribution is -2.39. The number of aromatic nitrogens is 3. The standard InChI is InChI=1S/C25H31N5O2/c31-23(30-14-4-7-19(17-30)18-5-2-1-3-6-18)9-8-21-24-22(29-28-21)10-13-26-25(24)27-20-11-15-32-16-12-20/h1-3,5-6,10,13,19-20H,4,7-9,11-12,14-17H2,(H,26,27)(H,28,29). The van der Waals surface area contributed by atoms with E-state index in [2.05, 4.69) is 44.8 Å². The number of piperidine rings is 1. The van der Waals surface area contributed by atoms with E-state index in [1.807, 2.05) is 17.0 Å². The summed E-state index contributed by atoms with van der Waals surface area (Å²) in [6.07, 6.45) is 7.05. The van der Waals surface area contributed by atoms with E-state index in [0.29, 0.717) is 24.8 Å². The van der Waals surface area contributed by atoms with Crippen molar-refractivity contribution >= 4 is 22.6 Å². The van der Waals surface area contributed by atoms with Crippen LogP contribution in [0.25, 0.3) is 10.9 Å². The zero-order valence-electron chi connectivity index (χ0n) is 18.4. The highest BCUT2D eigenvalue weighted by Crippen LogP contribution is 2.28. The summed E-state index contributed by atoms with van der Waals surface area (Å²) in [6, 6.07) is 12.8. The molecule has 2 aromatic heterocycles. The Hall–Kier alpha value is -2.93. The SMILES string of the molecule is O=C(CCc1[nH]nc2ccnc(NC3CCOCC3)c12)N1CCCC(c2ccccc2)C1. The third kappa shape index (κ3) is 4.63. The molecule has 4 heterocycles. The van der Waals surface area contributed by atoms with Crippen molar-refractivity contribution in [3.8, 4) is 0 Å². The van der Waals surface area contributed by atoms with E-state index in [1.165, 1.54) is 5.56 Å². The van der Waals surface area contributed by atoms with Gasteiger partial charge in [-0.15, -0.1) is 0 Å². The Kier molecular flexibility index (Phi) is 6.34. The highest BCUT2D eigenvalue weighted by molar-refractivity contribution is 5.92. The van der Waals surface area contributed by atoms with Gasteiger partial charge in [-0.2, -0.15) is 5.10 Å². The zero-order valence-corrected chi connectivity index (χ0v) is 18.4. The number of carbonyl (C=O) groups is 1. The highest BCUT2D eigenvalue weighted by Gasteiger charge is 2.25. The van der Waals surface area contributed by atoms with Crippen molar-refractivity contribution in [3.63, 3.8) is 0 Å². The quantitative estimate of drug-likeness (QED) is 0.616. The molecule has 32 heavy (non-hydrogen) atoms. The monoisotopic (exact) mass is 433 g/mol. The summed E-state index contributed by atoms with van der Waals surface area (Å²) in [6.45, 7) is 3.22. The molecule has 0 saturated carbocycles. The van der Waals surface area contributed by atoms with E-state index in [0.717, 1.165) is 74.4 Å². The minimum atomic E-state index is 0.219. The number of aromatic amines is 1. The first-order valence-corrected chi connectivity index (χ1v) is 11.8. The van der Waals surface area contributed by atoms with Crippen LogP contribution in [0.3, 0.4) is 0 Å². The summed E-state index contributed by atoms with van der Waals surface area (Å²) in [4.78, 5) is 19.7. The number of H-pyrrole nitrogens is 1. The van der Waals surface area contributed by atoms with Gasteiger partial charge in [0, 0.05) is 56.6 Å². The minimum absolute atomic E-state index is 0.219. The third-order valence-electron chi connectivity index (χ3n) is 6.74. The number of likely N-dealkylation sites (tertiary alicyclic amines) is 1. The van der Waals surface area contributed by atoms with E-state index in [9.17, 15) is 4.79 Å². The van der Waals surface area contributed by atoms with E-state index >= 15 is 0 Å². The van der Waals surface area contributed by atoms with Crippen LogP contribution in [0, 0.1) is 0 Å². The van der Waals surface area contributed by atoms with Gasteiger partial charge in [0.15, 0.2) is 0 Å². The number of aryl methyl sites for hydroxylation is 1.